The van der Waals surface area contributed by atoms with Gasteiger partial charge in [0, 0.05) is 12.0 Å². The van der Waals surface area contributed by atoms with Gasteiger partial charge in [0.15, 0.2) is 10.9 Å². The van der Waals surface area contributed by atoms with E-state index in [1.807, 2.05) is 13.8 Å². The third-order valence-electron chi connectivity index (χ3n) is 3.94. The number of benzene rings is 1. The second-order valence-corrected chi connectivity index (χ2v) is 8.38. The fraction of sp³-hybridized carbons (Fsp3) is 0.421. The average molecular weight is 358 g/mol. The summed E-state index contributed by atoms with van der Waals surface area (Å²) in [5.74, 6) is 0.595. The van der Waals surface area contributed by atoms with Crippen molar-refractivity contribution in [3.05, 3.63) is 40.4 Å². The molecule has 1 aliphatic carbocycles. The Hall–Kier alpha value is -2.21. The van der Waals surface area contributed by atoms with Gasteiger partial charge in [0.25, 0.3) is 5.91 Å². The summed E-state index contributed by atoms with van der Waals surface area (Å²) in [4.78, 5) is 29.8. The van der Waals surface area contributed by atoms with Crippen molar-refractivity contribution in [2.75, 3.05) is 5.32 Å². The number of anilines is 1. The molecule has 0 aliphatic heterocycles. The lowest BCUT2D eigenvalue weighted by Gasteiger charge is -2.26. The summed E-state index contributed by atoms with van der Waals surface area (Å²) in [6, 6.07) is 6.98. The van der Waals surface area contributed by atoms with E-state index in [-0.39, 0.29) is 23.2 Å². The maximum atomic E-state index is 12.4. The first-order valence-electron chi connectivity index (χ1n) is 8.34. The van der Waals surface area contributed by atoms with Gasteiger partial charge in [-0.2, -0.15) is 0 Å². The first-order valence-corrected chi connectivity index (χ1v) is 9.16. The summed E-state index contributed by atoms with van der Waals surface area (Å²) in [6.07, 6.45) is 1.36. The second-order valence-electron chi connectivity index (χ2n) is 7.38. The highest BCUT2D eigenvalue weighted by molar-refractivity contribution is 7.17. The predicted molar refractivity (Wildman–Crippen MR) is 98.7 cm³/mol. The molecular formula is C19H22N2O3S. The van der Waals surface area contributed by atoms with Crippen molar-refractivity contribution >= 4 is 28.2 Å². The van der Waals surface area contributed by atoms with Gasteiger partial charge in [-0.25, -0.2) is 4.98 Å². The maximum absolute atomic E-state index is 12.4. The zero-order chi connectivity index (χ0) is 18.2. The lowest BCUT2D eigenvalue weighted by Crippen LogP contribution is -2.26. The molecule has 0 atom stereocenters. The van der Waals surface area contributed by atoms with Crippen LogP contribution in [0, 0.1) is 5.41 Å². The summed E-state index contributed by atoms with van der Waals surface area (Å²) < 4.78 is 5.57. The van der Waals surface area contributed by atoms with Crippen LogP contribution in [0.2, 0.25) is 0 Å². The van der Waals surface area contributed by atoms with E-state index in [4.69, 9.17) is 4.74 Å². The number of nitrogens with one attached hydrogen (secondary N) is 1. The predicted octanol–water partition coefficient (Wildman–Crippen LogP) is 4.34. The van der Waals surface area contributed by atoms with Crippen LogP contribution < -0.4 is 10.1 Å². The topological polar surface area (TPSA) is 68.3 Å². The lowest BCUT2D eigenvalue weighted by molar-refractivity contribution is 0.0915. The Labute approximate surface area is 151 Å². The van der Waals surface area contributed by atoms with Gasteiger partial charge in [0.2, 0.25) is 0 Å². The number of ketones is 1. The minimum atomic E-state index is -0.242. The summed E-state index contributed by atoms with van der Waals surface area (Å²) >= 11 is 1.26. The molecule has 2 aromatic rings. The molecule has 0 saturated carbocycles. The van der Waals surface area contributed by atoms with Gasteiger partial charge in [-0.15, -0.1) is 0 Å². The molecule has 1 aliphatic rings. The quantitative estimate of drug-likeness (QED) is 0.883. The molecule has 1 aromatic carbocycles. The van der Waals surface area contributed by atoms with Crippen LogP contribution in [-0.2, 0) is 6.42 Å². The van der Waals surface area contributed by atoms with Crippen molar-refractivity contribution < 1.29 is 14.3 Å². The SMILES string of the molecule is CC(C)Oc1ccc(C(=O)Nc2nc3c(s2)C(=O)CC(C)(C)C3)cc1. The smallest absolute Gasteiger partial charge is 0.257 e. The van der Waals surface area contributed by atoms with Gasteiger partial charge in [-0.1, -0.05) is 25.2 Å². The highest BCUT2D eigenvalue weighted by Gasteiger charge is 2.34. The Morgan fingerprint density at radius 1 is 1.24 bits per heavy atom. The fourth-order valence-electron chi connectivity index (χ4n) is 2.90. The van der Waals surface area contributed by atoms with Crippen LogP contribution in [0.25, 0.3) is 0 Å². The van der Waals surface area contributed by atoms with Crippen molar-refractivity contribution in [2.45, 2.75) is 46.6 Å². The molecule has 0 bridgehead atoms. The van der Waals surface area contributed by atoms with E-state index in [9.17, 15) is 9.59 Å². The summed E-state index contributed by atoms with van der Waals surface area (Å²) in [6.45, 7) is 8.03. The van der Waals surface area contributed by atoms with E-state index >= 15 is 0 Å². The molecular weight excluding hydrogens is 336 g/mol. The van der Waals surface area contributed by atoms with Crippen LogP contribution in [0.1, 0.15) is 59.8 Å². The summed E-state index contributed by atoms with van der Waals surface area (Å²) in [7, 11) is 0. The van der Waals surface area contributed by atoms with Gasteiger partial charge in [0.1, 0.15) is 5.75 Å². The number of thiazole rings is 1. The lowest BCUT2D eigenvalue weighted by atomic mass is 9.78. The molecule has 0 fully saturated rings. The van der Waals surface area contributed by atoms with E-state index in [0.29, 0.717) is 22.0 Å². The molecule has 5 nitrogen and oxygen atoms in total. The molecule has 0 unspecified atom stereocenters. The minimum Gasteiger partial charge on any atom is -0.491 e. The van der Waals surface area contributed by atoms with Gasteiger partial charge < -0.3 is 4.74 Å². The number of Topliss-reactive ketones (excluding diaryl/α,β-unsaturated/α-hetero) is 1. The van der Waals surface area contributed by atoms with Crippen molar-refractivity contribution in [2.24, 2.45) is 5.41 Å². The highest BCUT2D eigenvalue weighted by Crippen LogP contribution is 2.38. The number of hydrogen-bond donors (Lipinski definition) is 1. The highest BCUT2D eigenvalue weighted by atomic mass is 32.1. The van der Waals surface area contributed by atoms with Crippen LogP contribution >= 0.6 is 11.3 Å². The third kappa shape index (κ3) is 4.07. The Bertz CT molecular complexity index is 807. The van der Waals surface area contributed by atoms with Gasteiger partial charge in [0.05, 0.1) is 16.7 Å². The number of carbonyl (C=O) groups excluding carboxylic acids is 2. The van der Waals surface area contributed by atoms with Gasteiger partial charge in [-0.3, -0.25) is 14.9 Å². The van der Waals surface area contributed by atoms with Crippen LogP contribution in [0.4, 0.5) is 5.13 Å². The Morgan fingerprint density at radius 2 is 1.92 bits per heavy atom. The Morgan fingerprint density at radius 3 is 2.56 bits per heavy atom. The molecule has 6 heteroatoms. The van der Waals surface area contributed by atoms with E-state index in [0.717, 1.165) is 17.9 Å². The third-order valence-corrected chi connectivity index (χ3v) is 5.00. The number of carbonyl (C=O) groups is 2. The second kappa shape index (κ2) is 6.59. The molecule has 0 radical (unpaired) electrons. The monoisotopic (exact) mass is 358 g/mol. The zero-order valence-corrected chi connectivity index (χ0v) is 15.7. The average Bonchev–Trinajstić information content (AvgIpc) is 2.88. The first kappa shape index (κ1) is 17.6. The van der Waals surface area contributed by atoms with Crippen molar-refractivity contribution in [3.63, 3.8) is 0 Å². The van der Waals surface area contributed by atoms with Crippen molar-refractivity contribution in [3.8, 4) is 5.75 Å². The molecule has 3 rings (SSSR count). The van der Waals surface area contributed by atoms with Gasteiger partial charge in [-0.05, 0) is 49.9 Å². The van der Waals surface area contributed by atoms with E-state index in [1.54, 1.807) is 24.3 Å². The molecule has 1 heterocycles. The summed E-state index contributed by atoms with van der Waals surface area (Å²) in [5, 5.41) is 3.27. The molecule has 1 N–H and O–H groups in total. The molecule has 25 heavy (non-hydrogen) atoms. The maximum Gasteiger partial charge on any atom is 0.257 e. The molecule has 0 spiro atoms. The molecule has 1 amide bonds. The van der Waals surface area contributed by atoms with Crippen LogP contribution in [-0.4, -0.2) is 22.8 Å². The number of rotatable bonds is 4. The largest absolute Gasteiger partial charge is 0.491 e. The van der Waals surface area contributed by atoms with Crippen LogP contribution in [0.5, 0.6) is 5.75 Å². The number of nitrogens with zero attached hydrogens (tertiary/aromatic N) is 1. The minimum absolute atomic E-state index is 0.0777. The molecule has 1 aromatic heterocycles. The van der Waals surface area contributed by atoms with Crippen molar-refractivity contribution in [1.29, 1.82) is 0 Å². The first-order chi connectivity index (χ1) is 11.7. The standard InChI is InChI=1S/C19H22N2O3S/c1-11(2)24-13-7-5-12(6-8-13)17(23)21-18-20-14-9-19(3,4)10-15(22)16(14)25-18/h5-8,11H,9-10H2,1-4H3,(H,20,21,23). The summed E-state index contributed by atoms with van der Waals surface area (Å²) in [5.41, 5.74) is 1.24. The van der Waals surface area contributed by atoms with E-state index in [2.05, 4.69) is 24.1 Å². The number of hydrogen-bond acceptors (Lipinski definition) is 5. The normalized spacial score (nSPS) is 15.8. The van der Waals surface area contributed by atoms with Crippen LogP contribution in [0.15, 0.2) is 24.3 Å². The Balaban J connectivity index is 1.73. The number of ether oxygens (including phenoxy) is 1. The van der Waals surface area contributed by atoms with E-state index < -0.39 is 0 Å². The molecule has 0 saturated heterocycles. The Kier molecular flexibility index (Phi) is 4.64. The number of aromatic nitrogens is 1. The van der Waals surface area contributed by atoms with Gasteiger partial charge >= 0.3 is 0 Å². The van der Waals surface area contributed by atoms with Crippen LogP contribution in [0.3, 0.4) is 0 Å². The fourth-order valence-corrected chi connectivity index (χ4v) is 3.81. The molecule has 132 valence electrons. The van der Waals surface area contributed by atoms with Crippen molar-refractivity contribution in [1.82, 2.24) is 4.98 Å². The van der Waals surface area contributed by atoms with E-state index in [1.165, 1.54) is 11.3 Å². The number of fused-ring (bicyclic) bond motifs is 1. The zero-order valence-electron chi connectivity index (χ0n) is 14.9. The number of amides is 1.